The van der Waals surface area contributed by atoms with E-state index in [9.17, 15) is 9.90 Å². The Morgan fingerprint density at radius 3 is 2.25 bits per heavy atom. The topological polar surface area (TPSA) is 64.6 Å². The molecule has 0 aliphatic heterocycles. The van der Waals surface area contributed by atoms with E-state index in [1.807, 2.05) is 34.9 Å². The summed E-state index contributed by atoms with van der Waals surface area (Å²) in [5, 5.41) is 15.3. The van der Waals surface area contributed by atoms with Crippen molar-refractivity contribution in [2.75, 3.05) is 27.2 Å². The predicted molar refractivity (Wildman–Crippen MR) is 83.9 cm³/mol. The van der Waals surface area contributed by atoms with E-state index in [-0.39, 0.29) is 24.1 Å². The molecule has 0 saturated heterocycles. The number of nitrogens with one attached hydrogen (secondary N) is 2. The molecule has 5 nitrogen and oxygen atoms in total. The van der Waals surface area contributed by atoms with Gasteiger partial charge >= 0.3 is 6.03 Å². The standard InChI is InChI=1S/C15H33N3O2/c1-8-9-15(5,11-19)17-13(20)16-12(2)14(3,4)10-18(6)7/h12,19H,8-11H2,1-7H3,(H2,16,17,20). The van der Waals surface area contributed by atoms with Gasteiger partial charge in [0.1, 0.15) is 0 Å². The van der Waals surface area contributed by atoms with E-state index in [1.54, 1.807) is 0 Å². The van der Waals surface area contributed by atoms with E-state index >= 15 is 0 Å². The smallest absolute Gasteiger partial charge is 0.315 e. The quantitative estimate of drug-likeness (QED) is 0.638. The molecule has 0 aliphatic rings. The molecular formula is C15H33N3O2. The summed E-state index contributed by atoms with van der Waals surface area (Å²) in [6.07, 6.45) is 1.67. The van der Waals surface area contributed by atoms with E-state index in [4.69, 9.17) is 0 Å². The van der Waals surface area contributed by atoms with E-state index in [0.717, 1.165) is 19.4 Å². The summed E-state index contributed by atoms with van der Waals surface area (Å²) in [7, 11) is 4.05. The van der Waals surface area contributed by atoms with E-state index in [1.165, 1.54) is 0 Å². The normalized spacial score (nSPS) is 16.6. The lowest BCUT2D eigenvalue weighted by Crippen LogP contribution is -2.56. The summed E-state index contributed by atoms with van der Waals surface area (Å²) in [5.74, 6) is 0. The molecule has 0 saturated carbocycles. The second-order valence-electron chi connectivity index (χ2n) is 7.02. The Kier molecular flexibility index (Phi) is 7.52. The van der Waals surface area contributed by atoms with Crippen LogP contribution in [-0.4, -0.2) is 54.9 Å². The van der Waals surface area contributed by atoms with Gasteiger partial charge < -0.3 is 20.6 Å². The van der Waals surface area contributed by atoms with Gasteiger partial charge in [-0.3, -0.25) is 0 Å². The number of amides is 2. The van der Waals surface area contributed by atoms with Gasteiger partial charge in [-0.05, 0) is 39.8 Å². The molecule has 0 aromatic carbocycles. The Bertz CT molecular complexity index is 305. The summed E-state index contributed by atoms with van der Waals surface area (Å²) < 4.78 is 0. The minimum absolute atomic E-state index is 0.0266. The van der Waals surface area contributed by atoms with Crippen molar-refractivity contribution in [1.82, 2.24) is 15.5 Å². The van der Waals surface area contributed by atoms with Gasteiger partial charge in [-0.15, -0.1) is 0 Å². The SMILES string of the molecule is CCCC(C)(CO)NC(=O)NC(C)C(C)(C)CN(C)C. The Labute approximate surface area is 124 Å². The third-order valence-corrected chi connectivity index (χ3v) is 3.81. The van der Waals surface area contributed by atoms with Crippen LogP contribution in [-0.2, 0) is 0 Å². The summed E-state index contributed by atoms with van der Waals surface area (Å²) in [4.78, 5) is 14.2. The molecule has 2 atom stereocenters. The number of urea groups is 1. The van der Waals surface area contributed by atoms with Crippen LogP contribution in [0, 0.1) is 5.41 Å². The zero-order chi connectivity index (χ0) is 16.0. The maximum absolute atomic E-state index is 12.1. The van der Waals surface area contributed by atoms with Gasteiger partial charge in [0.2, 0.25) is 0 Å². The second-order valence-corrected chi connectivity index (χ2v) is 7.02. The fourth-order valence-electron chi connectivity index (χ4n) is 2.39. The van der Waals surface area contributed by atoms with Gasteiger partial charge in [-0.2, -0.15) is 0 Å². The van der Waals surface area contributed by atoms with Crippen molar-refractivity contribution in [2.45, 2.75) is 59.0 Å². The molecule has 0 aromatic rings. The van der Waals surface area contributed by atoms with Crippen molar-refractivity contribution in [3.05, 3.63) is 0 Å². The summed E-state index contributed by atoms with van der Waals surface area (Å²) in [6.45, 7) is 11.0. The molecule has 0 aliphatic carbocycles. The monoisotopic (exact) mass is 287 g/mol. The van der Waals surface area contributed by atoms with Crippen LogP contribution in [0.5, 0.6) is 0 Å². The van der Waals surface area contributed by atoms with Crippen LogP contribution in [0.4, 0.5) is 4.79 Å². The third kappa shape index (κ3) is 6.57. The molecule has 0 spiro atoms. The van der Waals surface area contributed by atoms with Crippen LogP contribution < -0.4 is 10.6 Å². The van der Waals surface area contributed by atoms with Crippen LogP contribution >= 0.6 is 0 Å². The van der Waals surface area contributed by atoms with Gasteiger partial charge in [-0.25, -0.2) is 4.79 Å². The first-order chi connectivity index (χ1) is 9.06. The molecule has 0 radical (unpaired) electrons. The second kappa shape index (κ2) is 7.84. The molecular weight excluding hydrogens is 254 g/mol. The Balaban J connectivity index is 4.52. The molecule has 2 amide bonds. The van der Waals surface area contributed by atoms with Crippen molar-refractivity contribution in [2.24, 2.45) is 5.41 Å². The Morgan fingerprint density at radius 2 is 1.85 bits per heavy atom. The largest absolute Gasteiger partial charge is 0.394 e. The molecule has 0 fully saturated rings. The summed E-state index contributed by atoms with van der Waals surface area (Å²) in [6, 6.07) is -0.177. The van der Waals surface area contributed by atoms with Crippen LogP contribution in [0.25, 0.3) is 0 Å². The van der Waals surface area contributed by atoms with Crippen molar-refractivity contribution in [1.29, 1.82) is 0 Å². The number of carbonyl (C=O) groups is 1. The lowest BCUT2D eigenvalue weighted by Gasteiger charge is -2.36. The lowest BCUT2D eigenvalue weighted by molar-refractivity contribution is 0.151. The number of rotatable bonds is 8. The van der Waals surface area contributed by atoms with Crippen LogP contribution in [0.15, 0.2) is 0 Å². The highest BCUT2D eigenvalue weighted by Gasteiger charge is 2.30. The average molecular weight is 287 g/mol. The molecule has 0 rings (SSSR count). The maximum Gasteiger partial charge on any atom is 0.315 e. The first-order valence-electron chi connectivity index (χ1n) is 7.40. The van der Waals surface area contributed by atoms with E-state index in [0.29, 0.717) is 0 Å². The van der Waals surface area contributed by atoms with Crippen LogP contribution in [0.2, 0.25) is 0 Å². The van der Waals surface area contributed by atoms with Gasteiger partial charge in [0, 0.05) is 12.6 Å². The molecule has 5 heteroatoms. The predicted octanol–water partition coefficient (Wildman–Crippen LogP) is 1.81. The molecule has 0 aromatic heterocycles. The fraction of sp³-hybridized carbons (Fsp3) is 0.933. The number of aliphatic hydroxyl groups is 1. The maximum atomic E-state index is 12.1. The molecule has 2 unspecified atom stereocenters. The molecule has 0 bridgehead atoms. The minimum Gasteiger partial charge on any atom is -0.394 e. The highest BCUT2D eigenvalue weighted by atomic mass is 16.3. The lowest BCUT2D eigenvalue weighted by atomic mass is 9.85. The van der Waals surface area contributed by atoms with Crippen molar-refractivity contribution in [3.63, 3.8) is 0 Å². The zero-order valence-electron chi connectivity index (χ0n) is 14.2. The number of aliphatic hydroxyl groups excluding tert-OH is 1. The van der Waals surface area contributed by atoms with Gasteiger partial charge in [0.05, 0.1) is 12.1 Å². The van der Waals surface area contributed by atoms with Gasteiger partial charge in [-0.1, -0.05) is 27.2 Å². The number of hydrogen-bond acceptors (Lipinski definition) is 3. The first-order valence-corrected chi connectivity index (χ1v) is 7.40. The van der Waals surface area contributed by atoms with E-state index < -0.39 is 5.54 Å². The number of nitrogens with zero attached hydrogens (tertiary/aromatic N) is 1. The third-order valence-electron chi connectivity index (χ3n) is 3.81. The van der Waals surface area contributed by atoms with Gasteiger partial charge in [0.25, 0.3) is 0 Å². The van der Waals surface area contributed by atoms with Crippen molar-refractivity contribution >= 4 is 6.03 Å². The fourth-order valence-corrected chi connectivity index (χ4v) is 2.39. The van der Waals surface area contributed by atoms with Gasteiger partial charge in [0.15, 0.2) is 0 Å². The molecule has 20 heavy (non-hydrogen) atoms. The zero-order valence-corrected chi connectivity index (χ0v) is 14.2. The number of carbonyl (C=O) groups excluding carboxylic acids is 1. The molecule has 0 heterocycles. The van der Waals surface area contributed by atoms with E-state index in [2.05, 4.69) is 29.4 Å². The summed E-state index contributed by atoms with van der Waals surface area (Å²) in [5.41, 5.74) is -0.578. The summed E-state index contributed by atoms with van der Waals surface area (Å²) >= 11 is 0. The average Bonchev–Trinajstić information content (AvgIpc) is 2.27. The van der Waals surface area contributed by atoms with Crippen molar-refractivity contribution in [3.8, 4) is 0 Å². The number of hydrogen-bond donors (Lipinski definition) is 3. The van der Waals surface area contributed by atoms with Crippen LogP contribution in [0.3, 0.4) is 0 Å². The van der Waals surface area contributed by atoms with Crippen LogP contribution in [0.1, 0.15) is 47.5 Å². The Hall–Kier alpha value is -0.810. The molecule has 3 N–H and O–H groups in total. The highest BCUT2D eigenvalue weighted by molar-refractivity contribution is 5.75. The first kappa shape index (κ1) is 19.2. The highest BCUT2D eigenvalue weighted by Crippen LogP contribution is 2.21. The Morgan fingerprint density at radius 1 is 1.30 bits per heavy atom. The van der Waals surface area contributed by atoms with Crippen molar-refractivity contribution < 1.29 is 9.90 Å². The minimum atomic E-state index is -0.551. The molecule has 120 valence electrons.